The van der Waals surface area contributed by atoms with E-state index in [0.29, 0.717) is 5.91 Å². The summed E-state index contributed by atoms with van der Waals surface area (Å²) in [5.74, 6) is 1.74. The second kappa shape index (κ2) is 8.30. The van der Waals surface area contributed by atoms with Gasteiger partial charge in [0, 0.05) is 37.9 Å². The van der Waals surface area contributed by atoms with Gasteiger partial charge < -0.3 is 15.5 Å². The average Bonchev–Trinajstić information content (AvgIpc) is 3.06. The molecule has 5 nitrogen and oxygen atoms in total. The average molecular weight is 369 g/mol. The minimum atomic E-state index is 0.0274. The number of hydrogen-bond acceptors (Lipinski definition) is 3. The predicted octanol–water partition coefficient (Wildman–Crippen LogP) is 1.48. The highest BCUT2D eigenvalue weighted by atomic mass is 32.2. The maximum atomic E-state index is 12.7. The molecule has 2 heterocycles. The van der Waals surface area contributed by atoms with E-state index in [1.54, 1.807) is 0 Å². The van der Waals surface area contributed by atoms with Crippen LogP contribution in [-0.4, -0.2) is 52.5 Å². The lowest BCUT2D eigenvalue weighted by atomic mass is 9.87. The number of carbonyl (C=O) groups is 2. The lowest BCUT2D eigenvalue weighted by Crippen LogP contribution is -3.00. The quantitative estimate of drug-likeness (QED) is 0.790. The molecule has 0 radical (unpaired) electrons. The molecule has 1 saturated carbocycles. The Labute approximate surface area is 156 Å². The molecule has 0 aromatic rings. The van der Waals surface area contributed by atoms with Crippen LogP contribution < -0.4 is 10.6 Å². The van der Waals surface area contributed by atoms with Crippen molar-refractivity contribution in [2.75, 3.05) is 18.8 Å². The van der Waals surface area contributed by atoms with Gasteiger partial charge in [-0.15, -0.1) is 0 Å². The molecule has 2 amide bonds. The van der Waals surface area contributed by atoms with Crippen LogP contribution in [-0.2, 0) is 9.59 Å². The summed E-state index contributed by atoms with van der Waals surface area (Å²) in [5, 5.41) is 5.40. The third-order valence-electron chi connectivity index (χ3n) is 6.27. The largest absolute Gasteiger partial charge is 0.348 e. The number of carbonyl (C=O) groups excluding carboxylic acids is 2. The fourth-order valence-corrected chi connectivity index (χ4v) is 5.84. The molecule has 142 valence electrons. The van der Waals surface area contributed by atoms with Crippen molar-refractivity contribution in [1.82, 2.24) is 10.2 Å². The first-order valence-corrected chi connectivity index (χ1v) is 11.1. The summed E-state index contributed by atoms with van der Waals surface area (Å²) in [6.45, 7) is 5.88. The van der Waals surface area contributed by atoms with Crippen LogP contribution in [0.5, 0.6) is 0 Å². The van der Waals surface area contributed by atoms with E-state index in [2.05, 4.69) is 29.4 Å². The highest BCUT2D eigenvalue weighted by Crippen LogP contribution is 2.35. The van der Waals surface area contributed by atoms with Gasteiger partial charge in [-0.2, -0.15) is 0 Å². The smallest absolute Gasteiger partial charge is 0.279 e. The maximum absolute atomic E-state index is 12.7. The first-order valence-electron chi connectivity index (χ1n) is 10.1. The fourth-order valence-electron chi connectivity index (χ4n) is 4.35. The summed E-state index contributed by atoms with van der Waals surface area (Å²) in [4.78, 5) is 27.3. The highest BCUT2D eigenvalue weighted by Gasteiger charge is 2.49. The van der Waals surface area contributed by atoms with Crippen LogP contribution in [0.1, 0.15) is 65.2 Å². The van der Waals surface area contributed by atoms with Gasteiger partial charge in [0.2, 0.25) is 5.91 Å². The Bertz CT molecular complexity index is 485. The molecule has 1 aliphatic carbocycles. The number of piperidine rings is 1. The van der Waals surface area contributed by atoms with E-state index in [9.17, 15) is 9.59 Å². The third-order valence-corrected chi connectivity index (χ3v) is 7.91. The van der Waals surface area contributed by atoms with E-state index >= 15 is 0 Å². The van der Waals surface area contributed by atoms with Crippen molar-refractivity contribution in [3.8, 4) is 0 Å². The molecule has 2 saturated heterocycles. The number of rotatable bonds is 4. The summed E-state index contributed by atoms with van der Waals surface area (Å²) >= 11 is 1.93. The number of amides is 2. The molecule has 3 N–H and O–H groups in total. The second-order valence-electron chi connectivity index (χ2n) is 8.13. The molecule has 0 aromatic heterocycles. The SMILES string of the molecule is CC[C@@H](C)NC(=O)[C@H]1CSC2(CCN(C(=O)C3CCCCC3)CC2)[NH2+]1. The van der Waals surface area contributed by atoms with Crippen LogP contribution in [0.25, 0.3) is 0 Å². The van der Waals surface area contributed by atoms with Crippen molar-refractivity contribution < 1.29 is 14.9 Å². The van der Waals surface area contributed by atoms with Crippen LogP contribution in [0, 0.1) is 5.92 Å². The molecular formula is C19H34N3O2S+. The van der Waals surface area contributed by atoms with Gasteiger partial charge in [-0.05, 0) is 26.2 Å². The number of hydrogen-bond donors (Lipinski definition) is 2. The molecule has 2 atom stereocenters. The topological polar surface area (TPSA) is 66.0 Å². The number of quaternary nitrogens is 1. The molecule has 3 fully saturated rings. The Morgan fingerprint density at radius 2 is 1.92 bits per heavy atom. The van der Waals surface area contributed by atoms with Gasteiger partial charge in [0.25, 0.3) is 5.91 Å². The maximum Gasteiger partial charge on any atom is 0.279 e. The van der Waals surface area contributed by atoms with Crippen molar-refractivity contribution in [1.29, 1.82) is 0 Å². The Morgan fingerprint density at radius 1 is 1.24 bits per heavy atom. The van der Waals surface area contributed by atoms with Gasteiger partial charge >= 0.3 is 0 Å². The molecule has 6 heteroatoms. The van der Waals surface area contributed by atoms with Gasteiger partial charge in [0.15, 0.2) is 6.04 Å². The van der Waals surface area contributed by atoms with Crippen LogP contribution in [0.4, 0.5) is 0 Å². The van der Waals surface area contributed by atoms with E-state index in [1.807, 2.05) is 11.8 Å². The Morgan fingerprint density at radius 3 is 2.56 bits per heavy atom. The van der Waals surface area contributed by atoms with Crippen LogP contribution in [0.2, 0.25) is 0 Å². The van der Waals surface area contributed by atoms with E-state index in [0.717, 1.165) is 50.9 Å². The van der Waals surface area contributed by atoms with Gasteiger partial charge in [-0.1, -0.05) is 37.9 Å². The normalized spacial score (nSPS) is 28.1. The first-order chi connectivity index (χ1) is 12.0. The molecule has 0 unspecified atom stereocenters. The molecule has 3 rings (SSSR count). The third kappa shape index (κ3) is 4.51. The van der Waals surface area contributed by atoms with Crippen LogP contribution in [0.3, 0.4) is 0 Å². The predicted molar refractivity (Wildman–Crippen MR) is 101 cm³/mol. The summed E-state index contributed by atoms with van der Waals surface area (Å²) in [7, 11) is 0. The molecule has 3 aliphatic rings. The molecule has 25 heavy (non-hydrogen) atoms. The molecular weight excluding hydrogens is 334 g/mol. The standard InChI is InChI=1S/C19H33N3O2S/c1-3-14(2)20-17(23)16-13-25-19(21-16)9-11-22(12-10-19)18(24)15-7-5-4-6-8-15/h14-16,21H,3-13H2,1-2H3,(H,20,23)/p+1/t14-,16-/m1/s1. The molecule has 1 spiro atoms. The Kier molecular flexibility index (Phi) is 6.31. The van der Waals surface area contributed by atoms with Gasteiger partial charge in [-0.25, -0.2) is 0 Å². The first kappa shape index (κ1) is 19.0. The Hall–Kier alpha value is -0.750. The van der Waals surface area contributed by atoms with Gasteiger partial charge in [-0.3, -0.25) is 9.59 Å². The van der Waals surface area contributed by atoms with E-state index in [1.165, 1.54) is 19.3 Å². The van der Waals surface area contributed by atoms with Crippen molar-refractivity contribution in [2.24, 2.45) is 5.92 Å². The molecule has 0 aromatic carbocycles. The fraction of sp³-hybridized carbons (Fsp3) is 0.895. The van der Waals surface area contributed by atoms with Crippen molar-refractivity contribution in [3.05, 3.63) is 0 Å². The summed E-state index contributed by atoms with van der Waals surface area (Å²) < 4.78 is 0. The molecule has 2 aliphatic heterocycles. The number of nitrogens with two attached hydrogens (primary N) is 1. The number of thioether (sulfide) groups is 1. The summed E-state index contributed by atoms with van der Waals surface area (Å²) in [6, 6.07) is 0.275. The van der Waals surface area contributed by atoms with Crippen LogP contribution >= 0.6 is 11.8 Å². The minimum absolute atomic E-state index is 0.0274. The lowest BCUT2D eigenvalue weighted by molar-refractivity contribution is -0.714. The van der Waals surface area contributed by atoms with Crippen molar-refractivity contribution in [2.45, 2.75) is 82.2 Å². The number of likely N-dealkylation sites (tertiary alicyclic amines) is 1. The van der Waals surface area contributed by atoms with Crippen molar-refractivity contribution >= 4 is 23.6 Å². The monoisotopic (exact) mass is 368 g/mol. The van der Waals surface area contributed by atoms with Gasteiger partial charge in [0.05, 0.1) is 5.75 Å². The molecule has 0 bridgehead atoms. The summed E-state index contributed by atoms with van der Waals surface area (Å²) in [5.41, 5.74) is 0. The Balaban J connectivity index is 1.48. The van der Waals surface area contributed by atoms with E-state index in [-0.39, 0.29) is 28.8 Å². The second-order valence-corrected chi connectivity index (χ2v) is 9.56. The van der Waals surface area contributed by atoms with E-state index in [4.69, 9.17) is 0 Å². The summed E-state index contributed by atoms with van der Waals surface area (Å²) in [6.07, 6.45) is 8.86. The van der Waals surface area contributed by atoms with Crippen LogP contribution in [0.15, 0.2) is 0 Å². The van der Waals surface area contributed by atoms with Crippen molar-refractivity contribution in [3.63, 3.8) is 0 Å². The zero-order valence-corrected chi connectivity index (χ0v) is 16.6. The zero-order chi connectivity index (χ0) is 17.9. The minimum Gasteiger partial charge on any atom is -0.348 e. The van der Waals surface area contributed by atoms with Gasteiger partial charge in [0.1, 0.15) is 4.87 Å². The van der Waals surface area contributed by atoms with E-state index < -0.39 is 0 Å². The lowest BCUT2D eigenvalue weighted by Gasteiger charge is -2.38. The highest BCUT2D eigenvalue weighted by molar-refractivity contribution is 8.00. The number of nitrogens with zero attached hydrogens (tertiary/aromatic N) is 1. The number of nitrogens with one attached hydrogen (secondary N) is 1. The zero-order valence-electron chi connectivity index (χ0n) is 15.8.